The summed E-state index contributed by atoms with van der Waals surface area (Å²) in [7, 11) is 0. The zero-order valence-electron chi connectivity index (χ0n) is 11.5. The van der Waals surface area contributed by atoms with Gasteiger partial charge in [-0.2, -0.15) is 0 Å². The van der Waals surface area contributed by atoms with E-state index in [1.807, 2.05) is 25.2 Å². The van der Waals surface area contributed by atoms with E-state index in [4.69, 9.17) is 9.47 Å². The Morgan fingerprint density at radius 1 is 1.39 bits per heavy atom. The first-order chi connectivity index (χ1) is 8.68. The summed E-state index contributed by atoms with van der Waals surface area (Å²) in [6.45, 7) is 5.07. The van der Waals surface area contributed by atoms with E-state index < -0.39 is 0 Å². The second-order valence-electron chi connectivity index (χ2n) is 4.72. The third kappa shape index (κ3) is 7.41. The van der Waals surface area contributed by atoms with Gasteiger partial charge in [0.15, 0.2) is 6.29 Å². The van der Waals surface area contributed by atoms with Crippen LogP contribution in [0, 0.1) is 0 Å². The lowest BCUT2D eigenvalue weighted by atomic mass is 10.2. The molecule has 0 aromatic rings. The SMILES string of the molecule is CC(=O)CC/C=C\C(C)=C/COC1CCCCO1. The molecule has 0 aromatic heterocycles. The van der Waals surface area contributed by atoms with E-state index in [-0.39, 0.29) is 12.1 Å². The van der Waals surface area contributed by atoms with E-state index in [0.29, 0.717) is 13.0 Å². The van der Waals surface area contributed by atoms with Gasteiger partial charge in [0.1, 0.15) is 5.78 Å². The second kappa shape index (κ2) is 9.06. The van der Waals surface area contributed by atoms with Crippen LogP contribution in [0.25, 0.3) is 0 Å². The summed E-state index contributed by atoms with van der Waals surface area (Å²) in [5.41, 5.74) is 1.16. The van der Waals surface area contributed by atoms with Gasteiger partial charge in [-0.15, -0.1) is 0 Å². The van der Waals surface area contributed by atoms with E-state index in [0.717, 1.165) is 31.4 Å². The lowest BCUT2D eigenvalue weighted by Gasteiger charge is -2.21. The molecule has 1 unspecified atom stereocenters. The molecule has 1 atom stereocenters. The zero-order chi connectivity index (χ0) is 13.2. The maximum atomic E-state index is 10.8. The van der Waals surface area contributed by atoms with Gasteiger partial charge in [-0.05, 0) is 39.5 Å². The molecule has 0 saturated carbocycles. The summed E-state index contributed by atoms with van der Waals surface area (Å²) in [6, 6.07) is 0. The molecule has 0 aliphatic carbocycles. The van der Waals surface area contributed by atoms with Crippen LogP contribution in [-0.4, -0.2) is 25.3 Å². The van der Waals surface area contributed by atoms with Crippen molar-refractivity contribution in [2.45, 2.75) is 52.2 Å². The van der Waals surface area contributed by atoms with Gasteiger partial charge in [0.2, 0.25) is 0 Å². The molecule has 1 aliphatic rings. The highest BCUT2D eigenvalue weighted by Gasteiger charge is 2.12. The molecule has 102 valence electrons. The molecule has 0 bridgehead atoms. The standard InChI is InChI=1S/C15H24O3/c1-13(7-3-4-8-14(2)16)10-12-18-15-9-5-6-11-17-15/h3,7,10,15H,4-6,8-9,11-12H2,1-2H3/b7-3-,13-10-. The molecule has 0 aromatic carbocycles. The number of ether oxygens (including phenoxy) is 2. The van der Waals surface area contributed by atoms with Gasteiger partial charge in [-0.1, -0.05) is 23.8 Å². The summed E-state index contributed by atoms with van der Waals surface area (Å²) >= 11 is 0. The number of Topliss-reactive ketones (excluding diaryl/α,β-unsaturated/α-hetero) is 1. The summed E-state index contributed by atoms with van der Waals surface area (Å²) in [5, 5.41) is 0. The number of allylic oxidation sites excluding steroid dienone is 3. The third-order valence-electron chi connectivity index (χ3n) is 2.87. The van der Waals surface area contributed by atoms with Crippen molar-refractivity contribution in [1.82, 2.24) is 0 Å². The molecule has 1 aliphatic heterocycles. The van der Waals surface area contributed by atoms with Crippen LogP contribution < -0.4 is 0 Å². The Balaban J connectivity index is 2.14. The van der Waals surface area contributed by atoms with E-state index in [1.54, 1.807) is 6.92 Å². The maximum absolute atomic E-state index is 10.8. The van der Waals surface area contributed by atoms with E-state index in [2.05, 4.69) is 0 Å². The van der Waals surface area contributed by atoms with Crippen molar-refractivity contribution in [3.63, 3.8) is 0 Å². The lowest BCUT2D eigenvalue weighted by Crippen LogP contribution is -2.22. The Hall–Kier alpha value is -0.930. The van der Waals surface area contributed by atoms with Crippen LogP contribution in [0.3, 0.4) is 0 Å². The van der Waals surface area contributed by atoms with Gasteiger partial charge in [0, 0.05) is 13.0 Å². The average Bonchev–Trinajstić information content (AvgIpc) is 2.36. The Labute approximate surface area is 110 Å². The Morgan fingerprint density at radius 3 is 2.89 bits per heavy atom. The first kappa shape index (κ1) is 15.1. The Morgan fingerprint density at radius 2 is 2.22 bits per heavy atom. The molecule has 1 fully saturated rings. The van der Waals surface area contributed by atoms with Gasteiger partial charge in [-0.3, -0.25) is 0 Å². The van der Waals surface area contributed by atoms with E-state index in [1.165, 1.54) is 6.42 Å². The number of ketones is 1. The number of hydrogen-bond donors (Lipinski definition) is 0. The highest BCUT2D eigenvalue weighted by molar-refractivity contribution is 5.75. The molecule has 0 radical (unpaired) electrons. The van der Waals surface area contributed by atoms with Crippen molar-refractivity contribution in [2.75, 3.05) is 13.2 Å². The summed E-state index contributed by atoms with van der Waals surface area (Å²) in [4.78, 5) is 10.8. The number of rotatable bonds is 7. The fraction of sp³-hybridized carbons (Fsp3) is 0.667. The van der Waals surface area contributed by atoms with Gasteiger partial charge in [0.05, 0.1) is 6.61 Å². The maximum Gasteiger partial charge on any atom is 0.157 e. The number of carbonyl (C=O) groups excluding carboxylic acids is 1. The van der Waals surface area contributed by atoms with Gasteiger partial charge in [-0.25, -0.2) is 0 Å². The number of hydrogen-bond acceptors (Lipinski definition) is 3. The highest BCUT2D eigenvalue weighted by Crippen LogP contribution is 2.13. The van der Waals surface area contributed by atoms with Crippen molar-refractivity contribution in [2.24, 2.45) is 0 Å². The highest BCUT2D eigenvalue weighted by atomic mass is 16.7. The molecule has 1 rings (SSSR count). The predicted octanol–water partition coefficient (Wildman–Crippen LogP) is 3.40. The molecule has 0 N–H and O–H groups in total. The lowest BCUT2D eigenvalue weighted by molar-refractivity contribution is -0.155. The summed E-state index contributed by atoms with van der Waals surface area (Å²) < 4.78 is 11.1. The minimum Gasteiger partial charge on any atom is -0.353 e. The van der Waals surface area contributed by atoms with Crippen molar-refractivity contribution in [3.8, 4) is 0 Å². The van der Waals surface area contributed by atoms with Crippen LogP contribution in [0.4, 0.5) is 0 Å². The molecule has 0 spiro atoms. The second-order valence-corrected chi connectivity index (χ2v) is 4.72. The van der Waals surface area contributed by atoms with Crippen molar-refractivity contribution < 1.29 is 14.3 Å². The summed E-state index contributed by atoms with van der Waals surface area (Å²) in [5.74, 6) is 0.235. The van der Waals surface area contributed by atoms with Gasteiger partial charge < -0.3 is 14.3 Å². The number of carbonyl (C=O) groups is 1. The molecular weight excluding hydrogens is 228 g/mol. The van der Waals surface area contributed by atoms with Gasteiger partial charge >= 0.3 is 0 Å². The van der Waals surface area contributed by atoms with Crippen LogP contribution in [0.1, 0.15) is 46.0 Å². The molecular formula is C15H24O3. The first-order valence-corrected chi connectivity index (χ1v) is 6.74. The van der Waals surface area contributed by atoms with Crippen molar-refractivity contribution in [1.29, 1.82) is 0 Å². The van der Waals surface area contributed by atoms with Crippen molar-refractivity contribution in [3.05, 3.63) is 23.8 Å². The average molecular weight is 252 g/mol. The van der Waals surface area contributed by atoms with Crippen LogP contribution in [0.15, 0.2) is 23.8 Å². The van der Waals surface area contributed by atoms with Crippen LogP contribution in [-0.2, 0) is 14.3 Å². The van der Waals surface area contributed by atoms with Gasteiger partial charge in [0.25, 0.3) is 0 Å². The smallest absolute Gasteiger partial charge is 0.157 e. The minimum atomic E-state index is -0.0236. The molecule has 3 nitrogen and oxygen atoms in total. The van der Waals surface area contributed by atoms with Crippen LogP contribution in [0.5, 0.6) is 0 Å². The Kier molecular flexibility index (Phi) is 7.62. The van der Waals surface area contributed by atoms with Crippen LogP contribution in [0.2, 0.25) is 0 Å². The third-order valence-corrected chi connectivity index (χ3v) is 2.87. The molecule has 0 amide bonds. The van der Waals surface area contributed by atoms with Crippen molar-refractivity contribution >= 4 is 5.78 Å². The largest absolute Gasteiger partial charge is 0.353 e. The normalized spacial score (nSPS) is 21.4. The monoisotopic (exact) mass is 252 g/mol. The minimum absolute atomic E-state index is 0.0236. The molecule has 1 heterocycles. The summed E-state index contributed by atoms with van der Waals surface area (Å²) in [6.07, 6.45) is 10.9. The van der Waals surface area contributed by atoms with E-state index >= 15 is 0 Å². The van der Waals surface area contributed by atoms with Crippen LogP contribution >= 0.6 is 0 Å². The molecule has 3 heteroatoms. The zero-order valence-corrected chi connectivity index (χ0v) is 11.5. The fourth-order valence-electron chi connectivity index (χ4n) is 1.75. The Bertz CT molecular complexity index is 299. The molecule has 18 heavy (non-hydrogen) atoms. The quantitative estimate of drug-likeness (QED) is 0.651. The van der Waals surface area contributed by atoms with E-state index in [9.17, 15) is 4.79 Å². The topological polar surface area (TPSA) is 35.5 Å². The first-order valence-electron chi connectivity index (χ1n) is 6.74. The predicted molar refractivity (Wildman–Crippen MR) is 72.4 cm³/mol. The fourth-order valence-corrected chi connectivity index (χ4v) is 1.75. The molecule has 1 saturated heterocycles.